The topological polar surface area (TPSA) is 112 Å². The van der Waals surface area contributed by atoms with Gasteiger partial charge in [-0.15, -0.1) is 0 Å². The fraction of sp³-hybridized carbons (Fsp3) is 0.484. The number of halogens is 4. The predicted octanol–water partition coefficient (Wildman–Crippen LogP) is 4.14. The van der Waals surface area contributed by atoms with E-state index in [2.05, 4.69) is 10.6 Å². The lowest BCUT2D eigenvalue weighted by molar-refractivity contribution is 0.0253. The number of nitrogens with zero attached hydrogens (tertiary/aromatic N) is 3. The van der Waals surface area contributed by atoms with E-state index in [1.807, 2.05) is 0 Å². The van der Waals surface area contributed by atoms with Gasteiger partial charge >= 0.3 is 6.03 Å². The number of alkyl halides is 1. The molecule has 44 heavy (non-hydrogen) atoms. The van der Waals surface area contributed by atoms with E-state index in [0.29, 0.717) is 44.0 Å². The summed E-state index contributed by atoms with van der Waals surface area (Å²) in [6.45, 7) is 2.61. The number of ether oxygens (including phenoxy) is 1. The van der Waals surface area contributed by atoms with Crippen molar-refractivity contribution in [3.8, 4) is 17.0 Å². The molecule has 2 aliphatic rings. The molecular formula is C31H37F4N5O4. The Labute approximate surface area is 252 Å². The zero-order valence-electron chi connectivity index (χ0n) is 24.4. The van der Waals surface area contributed by atoms with Crippen LogP contribution in [-0.4, -0.2) is 82.4 Å². The highest BCUT2D eigenvalue weighted by molar-refractivity contribution is 5.75. The third-order valence-corrected chi connectivity index (χ3v) is 8.21. The molecule has 5 rings (SSSR count). The molecule has 2 aliphatic heterocycles. The average Bonchev–Trinajstić information content (AvgIpc) is 3.59. The minimum Gasteiger partial charge on any atom is -0.508 e. The Bertz CT molecular complexity index is 1430. The summed E-state index contributed by atoms with van der Waals surface area (Å²) in [6, 6.07) is 4.66. The van der Waals surface area contributed by atoms with E-state index in [9.17, 15) is 28.2 Å². The molecule has 4 N–H and O–H groups in total. The highest BCUT2D eigenvalue weighted by Crippen LogP contribution is 2.38. The van der Waals surface area contributed by atoms with Crippen molar-refractivity contribution in [2.45, 2.75) is 44.6 Å². The maximum absolute atomic E-state index is 15.0. The molecule has 4 unspecified atom stereocenters. The quantitative estimate of drug-likeness (QED) is 0.254. The molecule has 3 heterocycles. The molecule has 2 amide bonds. The van der Waals surface area contributed by atoms with Crippen LogP contribution in [0.2, 0.25) is 0 Å². The standard InChI is InChI=1S/C31H37F4N5O4/c1-18(17-41)37-31(43)40(15-21-12-36-13-27(21)35)29(20-4-6-44-7-5-20)30-38-28(25-11-22(32)2-3-26(25)34)16-39(30)14-19-8-23(33)10-24(42)9-19/h2-3,8-11,16,18,20-21,27,29,36,41-42H,4-7,12-15,17H2,1H3,(H,37,43). The van der Waals surface area contributed by atoms with Crippen molar-refractivity contribution in [3.05, 3.63) is 71.4 Å². The van der Waals surface area contributed by atoms with Gasteiger partial charge in [0.15, 0.2) is 0 Å². The molecule has 0 spiro atoms. The van der Waals surface area contributed by atoms with E-state index in [1.54, 1.807) is 11.5 Å². The summed E-state index contributed by atoms with van der Waals surface area (Å²) >= 11 is 0. The second-order valence-electron chi connectivity index (χ2n) is 11.6. The van der Waals surface area contributed by atoms with Gasteiger partial charge in [0.2, 0.25) is 0 Å². The Morgan fingerprint density at radius 3 is 2.61 bits per heavy atom. The summed E-state index contributed by atoms with van der Waals surface area (Å²) < 4.78 is 65.8. The first-order valence-electron chi connectivity index (χ1n) is 14.7. The lowest BCUT2D eigenvalue weighted by Crippen LogP contribution is -2.51. The summed E-state index contributed by atoms with van der Waals surface area (Å²) in [5.41, 5.74) is 0.350. The van der Waals surface area contributed by atoms with Crippen LogP contribution in [-0.2, 0) is 11.3 Å². The first kappa shape index (κ1) is 31.7. The number of phenolic OH excluding ortho intramolecular Hbond substituents is 1. The number of aromatic nitrogens is 2. The van der Waals surface area contributed by atoms with Crippen LogP contribution in [0.5, 0.6) is 5.75 Å². The number of carbonyl (C=O) groups excluding carboxylic acids is 1. The number of aromatic hydroxyl groups is 1. The van der Waals surface area contributed by atoms with Crippen molar-refractivity contribution in [2.24, 2.45) is 11.8 Å². The second-order valence-corrected chi connectivity index (χ2v) is 11.6. The number of nitrogens with one attached hydrogen (secondary N) is 2. The van der Waals surface area contributed by atoms with Crippen molar-refractivity contribution in [1.82, 2.24) is 25.1 Å². The summed E-state index contributed by atoms with van der Waals surface area (Å²) in [5.74, 6) is -2.80. The van der Waals surface area contributed by atoms with Gasteiger partial charge in [0.05, 0.1) is 24.4 Å². The minimum atomic E-state index is -1.21. The van der Waals surface area contributed by atoms with Crippen molar-refractivity contribution >= 4 is 6.03 Å². The lowest BCUT2D eigenvalue weighted by Gasteiger charge is -2.40. The maximum Gasteiger partial charge on any atom is 0.318 e. The zero-order chi connectivity index (χ0) is 31.4. The van der Waals surface area contributed by atoms with Crippen LogP contribution in [0.25, 0.3) is 11.3 Å². The SMILES string of the molecule is CC(CO)NC(=O)N(CC1CNCC1F)C(c1nc(-c2cc(F)ccc2F)cn1Cc1cc(O)cc(F)c1)C1CCOCC1. The van der Waals surface area contributed by atoms with Gasteiger partial charge in [-0.1, -0.05) is 0 Å². The van der Waals surface area contributed by atoms with E-state index in [-0.39, 0.29) is 49.2 Å². The fourth-order valence-electron chi connectivity index (χ4n) is 5.97. The van der Waals surface area contributed by atoms with Crippen LogP contribution in [0, 0.1) is 29.3 Å². The Morgan fingerprint density at radius 2 is 1.93 bits per heavy atom. The molecule has 2 fully saturated rings. The number of hydrogen-bond donors (Lipinski definition) is 4. The van der Waals surface area contributed by atoms with Crippen molar-refractivity contribution in [3.63, 3.8) is 0 Å². The van der Waals surface area contributed by atoms with Gasteiger partial charge in [0.25, 0.3) is 0 Å². The average molecular weight is 620 g/mol. The normalized spacial score (nSPS) is 20.4. The summed E-state index contributed by atoms with van der Waals surface area (Å²) in [4.78, 5) is 20.2. The van der Waals surface area contributed by atoms with Crippen molar-refractivity contribution in [1.29, 1.82) is 0 Å². The van der Waals surface area contributed by atoms with E-state index >= 15 is 4.39 Å². The highest BCUT2D eigenvalue weighted by atomic mass is 19.1. The predicted molar refractivity (Wildman–Crippen MR) is 154 cm³/mol. The summed E-state index contributed by atoms with van der Waals surface area (Å²) in [5, 5.41) is 25.5. The third-order valence-electron chi connectivity index (χ3n) is 8.21. The zero-order valence-corrected chi connectivity index (χ0v) is 24.4. The molecule has 4 atom stereocenters. The van der Waals surface area contributed by atoms with Crippen molar-refractivity contribution in [2.75, 3.05) is 39.5 Å². The number of hydrogen-bond acceptors (Lipinski definition) is 6. The largest absolute Gasteiger partial charge is 0.508 e. The summed E-state index contributed by atoms with van der Waals surface area (Å²) in [6.07, 6.45) is 1.36. The van der Waals surface area contributed by atoms with Gasteiger partial charge in [-0.25, -0.2) is 27.3 Å². The van der Waals surface area contributed by atoms with Crippen LogP contribution in [0.4, 0.5) is 22.4 Å². The van der Waals surface area contributed by atoms with Gasteiger partial charge in [-0.05, 0) is 61.6 Å². The molecule has 2 saturated heterocycles. The molecule has 0 aliphatic carbocycles. The number of urea groups is 1. The van der Waals surface area contributed by atoms with Crippen LogP contribution in [0.3, 0.4) is 0 Å². The Kier molecular flexibility index (Phi) is 10.1. The Morgan fingerprint density at radius 1 is 1.16 bits per heavy atom. The molecule has 0 bridgehead atoms. The van der Waals surface area contributed by atoms with Crippen LogP contribution >= 0.6 is 0 Å². The van der Waals surface area contributed by atoms with E-state index in [1.165, 1.54) is 23.2 Å². The molecule has 0 saturated carbocycles. The molecule has 9 nitrogen and oxygen atoms in total. The number of aliphatic hydroxyl groups is 1. The lowest BCUT2D eigenvalue weighted by atomic mass is 9.89. The molecule has 13 heteroatoms. The van der Waals surface area contributed by atoms with E-state index < -0.39 is 47.7 Å². The number of benzene rings is 2. The van der Waals surface area contributed by atoms with Crippen LogP contribution < -0.4 is 10.6 Å². The van der Waals surface area contributed by atoms with Gasteiger partial charge in [0.1, 0.15) is 35.2 Å². The smallest absolute Gasteiger partial charge is 0.318 e. The van der Waals surface area contributed by atoms with Gasteiger partial charge in [-0.2, -0.15) is 0 Å². The maximum atomic E-state index is 15.0. The minimum absolute atomic E-state index is 0.0114. The van der Waals surface area contributed by atoms with Crippen LogP contribution in [0.15, 0.2) is 42.6 Å². The fourth-order valence-corrected chi connectivity index (χ4v) is 5.97. The molecule has 3 aromatic rings. The summed E-state index contributed by atoms with van der Waals surface area (Å²) in [7, 11) is 0. The van der Waals surface area contributed by atoms with E-state index in [0.717, 1.165) is 24.3 Å². The van der Waals surface area contributed by atoms with Gasteiger partial charge < -0.3 is 35.1 Å². The first-order chi connectivity index (χ1) is 21.1. The van der Waals surface area contributed by atoms with Crippen LogP contribution in [0.1, 0.15) is 37.2 Å². The molecule has 0 radical (unpaired) electrons. The Hall–Kier alpha value is -3.68. The number of rotatable bonds is 10. The van der Waals surface area contributed by atoms with Gasteiger partial charge in [-0.3, -0.25) is 0 Å². The molecule has 238 valence electrons. The number of phenols is 1. The second kappa shape index (κ2) is 14.0. The Balaban J connectivity index is 1.67. The number of carbonyl (C=O) groups is 1. The van der Waals surface area contributed by atoms with E-state index in [4.69, 9.17) is 9.72 Å². The van der Waals surface area contributed by atoms with Crippen molar-refractivity contribution < 1.29 is 37.3 Å². The monoisotopic (exact) mass is 619 g/mol. The third kappa shape index (κ3) is 7.33. The highest BCUT2D eigenvalue weighted by Gasteiger charge is 2.40. The number of amides is 2. The molecule has 1 aromatic heterocycles. The molecule has 2 aromatic carbocycles. The first-order valence-corrected chi connectivity index (χ1v) is 14.7. The number of imidazole rings is 1. The number of aliphatic hydroxyl groups excluding tert-OH is 1. The molecular weight excluding hydrogens is 582 g/mol. The van der Waals surface area contributed by atoms with Gasteiger partial charge in [0, 0.05) is 63.1 Å².